The van der Waals surface area contributed by atoms with Crippen LogP contribution in [0.2, 0.25) is 0 Å². The molecule has 3 rings (SSSR count). The Morgan fingerprint density at radius 2 is 2.15 bits per heavy atom. The van der Waals surface area contributed by atoms with Gasteiger partial charge < -0.3 is 5.11 Å². The van der Waals surface area contributed by atoms with E-state index in [1.807, 2.05) is 37.3 Å². The van der Waals surface area contributed by atoms with Crippen molar-refractivity contribution in [3.63, 3.8) is 0 Å². The van der Waals surface area contributed by atoms with Crippen LogP contribution < -0.4 is 0 Å². The maximum absolute atomic E-state index is 10.7. The van der Waals surface area contributed by atoms with Gasteiger partial charge >= 0.3 is 5.97 Å². The van der Waals surface area contributed by atoms with E-state index in [1.165, 1.54) is 5.56 Å². The highest BCUT2D eigenvalue weighted by Gasteiger charge is 2.08. The predicted octanol–water partition coefficient (Wildman–Crippen LogP) is 2.33. The van der Waals surface area contributed by atoms with E-state index >= 15 is 0 Å². The second-order valence-electron chi connectivity index (χ2n) is 4.69. The minimum atomic E-state index is -0.896. The molecule has 0 saturated carbocycles. The average Bonchev–Trinajstić information content (AvgIpc) is 2.78. The minimum Gasteiger partial charge on any atom is -0.481 e. The zero-order chi connectivity index (χ0) is 14.1. The normalized spacial score (nSPS) is 10.8. The first-order chi connectivity index (χ1) is 9.61. The Kier molecular flexibility index (Phi) is 2.95. The van der Waals surface area contributed by atoms with Gasteiger partial charge in [-0.1, -0.05) is 23.8 Å². The molecule has 0 aliphatic heterocycles. The molecule has 5 heteroatoms. The number of imidazole rings is 1. The first kappa shape index (κ1) is 12.3. The third-order valence-electron chi connectivity index (χ3n) is 3.02. The molecule has 0 spiro atoms. The molecule has 1 N–H and O–H groups in total. The van der Waals surface area contributed by atoms with Gasteiger partial charge in [0.15, 0.2) is 5.65 Å². The Balaban J connectivity index is 2.04. The molecule has 0 fully saturated rings. The van der Waals surface area contributed by atoms with Gasteiger partial charge in [-0.25, -0.2) is 9.50 Å². The summed E-state index contributed by atoms with van der Waals surface area (Å²) in [5, 5.41) is 13.3. The standard InChI is InChI=1S/C15H13N3O2/c1-10-3-2-4-11(7-10)13-5-6-14-16-12(8-15(19)20)9-18(14)17-13/h2-7,9H,8H2,1H3,(H,19,20). The number of benzene rings is 1. The molecule has 3 aromatic rings. The SMILES string of the molecule is Cc1cccc(-c2ccc3nc(CC(=O)O)cn3n2)c1. The van der Waals surface area contributed by atoms with Crippen LogP contribution in [0.3, 0.4) is 0 Å². The summed E-state index contributed by atoms with van der Waals surface area (Å²) in [4.78, 5) is 14.9. The lowest BCUT2D eigenvalue weighted by Crippen LogP contribution is -1.99. The number of carboxylic acids is 1. The van der Waals surface area contributed by atoms with Crippen molar-refractivity contribution >= 4 is 11.6 Å². The molecule has 20 heavy (non-hydrogen) atoms. The number of aryl methyl sites for hydroxylation is 1. The topological polar surface area (TPSA) is 67.5 Å². The van der Waals surface area contributed by atoms with Crippen LogP contribution in [0.1, 0.15) is 11.3 Å². The van der Waals surface area contributed by atoms with Crippen molar-refractivity contribution < 1.29 is 9.90 Å². The van der Waals surface area contributed by atoms with E-state index < -0.39 is 5.97 Å². The van der Waals surface area contributed by atoms with Gasteiger partial charge in [0.2, 0.25) is 0 Å². The molecular formula is C15H13N3O2. The average molecular weight is 267 g/mol. The number of aliphatic carboxylic acids is 1. The molecular weight excluding hydrogens is 254 g/mol. The van der Waals surface area contributed by atoms with Crippen LogP contribution in [0.5, 0.6) is 0 Å². The first-order valence-corrected chi connectivity index (χ1v) is 6.26. The Hall–Kier alpha value is -2.69. The summed E-state index contributed by atoms with van der Waals surface area (Å²) in [6.07, 6.45) is 1.56. The summed E-state index contributed by atoms with van der Waals surface area (Å²) in [7, 11) is 0. The van der Waals surface area contributed by atoms with Gasteiger partial charge in [0.05, 0.1) is 24.0 Å². The smallest absolute Gasteiger partial charge is 0.309 e. The van der Waals surface area contributed by atoms with E-state index in [1.54, 1.807) is 10.7 Å². The van der Waals surface area contributed by atoms with E-state index in [2.05, 4.69) is 16.1 Å². The monoisotopic (exact) mass is 267 g/mol. The fraction of sp³-hybridized carbons (Fsp3) is 0.133. The molecule has 5 nitrogen and oxygen atoms in total. The highest BCUT2D eigenvalue weighted by atomic mass is 16.4. The Bertz CT molecular complexity index is 793. The third-order valence-corrected chi connectivity index (χ3v) is 3.02. The molecule has 0 atom stereocenters. The van der Waals surface area contributed by atoms with Gasteiger partial charge in [0, 0.05) is 5.56 Å². The second-order valence-corrected chi connectivity index (χ2v) is 4.69. The molecule has 0 radical (unpaired) electrons. The Morgan fingerprint density at radius 3 is 2.90 bits per heavy atom. The van der Waals surface area contributed by atoms with Gasteiger partial charge in [0.1, 0.15) is 0 Å². The van der Waals surface area contributed by atoms with Gasteiger partial charge in [0.25, 0.3) is 0 Å². The van der Waals surface area contributed by atoms with E-state index in [9.17, 15) is 4.79 Å². The van der Waals surface area contributed by atoms with E-state index in [-0.39, 0.29) is 6.42 Å². The summed E-state index contributed by atoms with van der Waals surface area (Å²) in [6, 6.07) is 11.8. The molecule has 0 saturated heterocycles. The van der Waals surface area contributed by atoms with Crippen molar-refractivity contribution in [3.8, 4) is 11.3 Å². The van der Waals surface area contributed by atoms with Crippen LogP contribution in [-0.2, 0) is 11.2 Å². The Labute approximate surface area is 115 Å². The summed E-state index contributed by atoms with van der Waals surface area (Å²) < 4.78 is 1.62. The van der Waals surface area contributed by atoms with Crippen molar-refractivity contribution in [1.29, 1.82) is 0 Å². The number of hydrogen-bond donors (Lipinski definition) is 1. The predicted molar refractivity (Wildman–Crippen MR) is 74.5 cm³/mol. The fourth-order valence-corrected chi connectivity index (χ4v) is 2.13. The number of carboxylic acid groups (broad SMARTS) is 1. The maximum Gasteiger partial charge on any atom is 0.309 e. The van der Waals surface area contributed by atoms with Crippen LogP contribution >= 0.6 is 0 Å². The lowest BCUT2D eigenvalue weighted by atomic mass is 10.1. The second kappa shape index (κ2) is 4.77. The lowest BCUT2D eigenvalue weighted by Gasteiger charge is -2.02. The van der Waals surface area contributed by atoms with Crippen molar-refractivity contribution in [2.45, 2.75) is 13.3 Å². The molecule has 2 heterocycles. The summed E-state index contributed by atoms with van der Waals surface area (Å²) >= 11 is 0. The first-order valence-electron chi connectivity index (χ1n) is 6.26. The number of carbonyl (C=O) groups is 1. The quantitative estimate of drug-likeness (QED) is 0.790. The molecule has 2 aromatic heterocycles. The van der Waals surface area contributed by atoms with E-state index in [0.717, 1.165) is 11.3 Å². The van der Waals surface area contributed by atoms with Crippen LogP contribution in [0, 0.1) is 6.92 Å². The Morgan fingerprint density at radius 1 is 1.30 bits per heavy atom. The van der Waals surface area contributed by atoms with Gasteiger partial charge in [-0.05, 0) is 25.1 Å². The zero-order valence-electron chi connectivity index (χ0n) is 10.9. The highest BCUT2D eigenvalue weighted by molar-refractivity contribution is 5.70. The number of rotatable bonds is 3. The van der Waals surface area contributed by atoms with Crippen LogP contribution in [-0.4, -0.2) is 25.7 Å². The summed E-state index contributed by atoms with van der Waals surface area (Å²) in [5.74, 6) is -0.896. The van der Waals surface area contributed by atoms with Crippen LogP contribution in [0.4, 0.5) is 0 Å². The fourth-order valence-electron chi connectivity index (χ4n) is 2.13. The van der Waals surface area contributed by atoms with Crippen molar-refractivity contribution in [2.24, 2.45) is 0 Å². The number of aromatic nitrogens is 3. The molecule has 0 aliphatic rings. The van der Waals surface area contributed by atoms with Crippen LogP contribution in [0.25, 0.3) is 16.9 Å². The molecule has 0 bridgehead atoms. The van der Waals surface area contributed by atoms with Gasteiger partial charge in [-0.15, -0.1) is 0 Å². The van der Waals surface area contributed by atoms with Crippen LogP contribution in [0.15, 0.2) is 42.6 Å². The van der Waals surface area contributed by atoms with Crippen molar-refractivity contribution in [3.05, 3.63) is 53.9 Å². The van der Waals surface area contributed by atoms with E-state index in [4.69, 9.17) is 5.11 Å². The van der Waals surface area contributed by atoms with Gasteiger partial charge in [-0.3, -0.25) is 4.79 Å². The zero-order valence-corrected chi connectivity index (χ0v) is 10.9. The number of hydrogen-bond acceptors (Lipinski definition) is 3. The number of fused-ring (bicyclic) bond motifs is 1. The largest absolute Gasteiger partial charge is 0.481 e. The summed E-state index contributed by atoms with van der Waals surface area (Å²) in [6.45, 7) is 2.03. The van der Waals surface area contributed by atoms with Crippen molar-refractivity contribution in [2.75, 3.05) is 0 Å². The maximum atomic E-state index is 10.7. The molecule has 0 unspecified atom stereocenters. The number of nitrogens with zero attached hydrogens (tertiary/aromatic N) is 3. The summed E-state index contributed by atoms with van der Waals surface area (Å²) in [5.41, 5.74) is 4.19. The molecule has 100 valence electrons. The van der Waals surface area contributed by atoms with E-state index in [0.29, 0.717) is 11.3 Å². The molecule has 0 aliphatic carbocycles. The minimum absolute atomic E-state index is 0.0941. The lowest BCUT2D eigenvalue weighted by molar-refractivity contribution is -0.136. The van der Waals surface area contributed by atoms with Crippen molar-refractivity contribution in [1.82, 2.24) is 14.6 Å². The van der Waals surface area contributed by atoms with Gasteiger partial charge in [-0.2, -0.15) is 5.10 Å². The highest BCUT2D eigenvalue weighted by Crippen LogP contribution is 2.18. The third kappa shape index (κ3) is 2.38. The molecule has 0 amide bonds. The molecule has 1 aromatic carbocycles.